The molecular formula is C15H18Cl2N2. The zero-order chi connectivity index (χ0) is 13.4. The van der Waals surface area contributed by atoms with Crippen LogP contribution in [0.3, 0.4) is 0 Å². The third-order valence-corrected chi connectivity index (χ3v) is 4.43. The number of halogens is 2. The molecule has 2 aromatic rings. The van der Waals surface area contributed by atoms with E-state index in [-0.39, 0.29) is 0 Å². The Morgan fingerprint density at radius 2 is 2.21 bits per heavy atom. The van der Waals surface area contributed by atoms with E-state index in [0.29, 0.717) is 11.8 Å². The third-order valence-electron chi connectivity index (χ3n) is 4.00. The Morgan fingerprint density at radius 3 is 2.89 bits per heavy atom. The van der Waals surface area contributed by atoms with Gasteiger partial charge in [0, 0.05) is 23.9 Å². The zero-order valence-corrected chi connectivity index (χ0v) is 12.6. The summed E-state index contributed by atoms with van der Waals surface area (Å²) in [6, 6.07) is 5.95. The molecule has 0 spiro atoms. The molecule has 19 heavy (non-hydrogen) atoms. The van der Waals surface area contributed by atoms with Gasteiger partial charge in [-0.3, -0.25) is 0 Å². The lowest BCUT2D eigenvalue weighted by Crippen LogP contribution is -2.12. The van der Waals surface area contributed by atoms with Crippen LogP contribution in [0.25, 0.3) is 11.0 Å². The summed E-state index contributed by atoms with van der Waals surface area (Å²) in [7, 11) is 0. The van der Waals surface area contributed by atoms with Crippen molar-refractivity contribution in [3.63, 3.8) is 0 Å². The summed E-state index contributed by atoms with van der Waals surface area (Å²) in [5.41, 5.74) is 2.16. The Balaban J connectivity index is 1.99. The average Bonchev–Trinajstić information content (AvgIpc) is 3.16. The van der Waals surface area contributed by atoms with Gasteiger partial charge in [-0.2, -0.15) is 0 Å². The number of fused-ring (bicyclic) bond motifs is 1. The van der Waals surface area contributed by atoms with E-state index < -0.39 is 0 Å². The van der Waals surface area contributed by atoms with Crippen molar-refractivity contribution < 1.29 is 0 Å². The molecule has 1 fully saturated rings. The Kier molecular flexibility index (Phi) is 3.72. The van der Waals surface area contributed by atoms with E-state index in [1.165, 1.54) is 18.4 Å². The van der Waals surface area contributed by atoms with Crippen LogP contribution in [0.15, 0.2) is 18.2 Å². The number of hydrogen-bond donors (Lipinski definition) is 0. The Bertz CT molecular complexity index is 587. The lowest BCUT2D eigenvalue weighted by atomic mass is 10.1. The van der Waals surface area contributed by atoms with E-state index in [9.17, 15) is 0 Å². The van der Waals surface area contributed by atoms with Gasteiger partial charge in [0.2, 0.25) is 0 Å². The number of rotatable bonds is 5. The lowest BCUT2D eigenvalue weighted by Gasteiger charge is -2.14. The van der Waals surface area contributed by atoms with E-state index in [4.69, 9.17) is 28.2 Å². The first-order valence-corrected chi connectivity index (χ1v) is 7.81. The summed E-state index contributed by atoms with van der Waals surface area (Å²) in [6.45, 7) is 3.37. The molecule has 1 aromatic carbocycles. The van der Waals surface area contributed by atoms with Crippen molar-refractivity contribution in [3.05, 3.63) is 29.0 Å². The minimum Gasteiger partial charge on any atom is -0.328 e. The zero-order valence-electron chi connectivity index (χ0n) is 11.1. The normalized spacial score (nSPS) is 17.0. The smallest absolute Gasteiger partial charge is 0.111 e. The summed E-state index contributed by atoms with van der Waals surface area (Å²) in [4.78, 5) is 4.69. The highest BCUT2D eigenvalue weighted by atomic mass is 35.5. The van der Waals surface area contributed by atoms with Crippen LogP contribution < -0.4 is 0 Å². The predicted octanol–water partition coefficient (Wildman–Crippen LogP) is 4.52. The highest BCUT2D eigenvalue weighted by molar-refractivity contribution is 6.31. The molecule has 102 valence electrons. The largest absolute Gasteiger partial charge is 0.328 e. The standard InChI is InChI=1S/C15H18Cl2N2/c1-10(11-2-3-11)9-19-14-5-4-12(17)8-13(14)18-15(19)6-7-16/h4-5,8,10-11H,2-3,6-7,9H2,1H3. The first-order valence-electron chi connectivity index (χ1n) is 6.89. The van der Waals surface area contributed by atoms with Crippen LogP contribution in [0.1, 0.15) is 25.6 Å². The molecule has 1 atom stereocenters. The van der Waals surface area contributed by atoms with Gasteiger partial charge in [-0.15, -0.1) is 11.6 Å². The van der Waals surface area contributed by atoms with Gasteiger partial charge in [-0.1, -0.05) is 18.5 Å². The van der Waals surface area contributed by atoms with E-state index >= 15 is 0 Å². The maximum Gasteiger partial charge on any atom is 0.111 e. The number of aromatic nitrogens is 2. The topological polar surface area (TPSA) is 17.8 Å². The molecule has 1 unspecified atom stereocenters. The SMILES string of the molecule is CC(Cn1c(CCCl)nc2cc(Cl)ccc21)C1CC1. The molecule has 0 radical (unpaired) electrons. The van der Waals surface area contributed by atoms with Gasteiger partial charge in [0.15, 0.2) is 0 Å². The van der Waals surface area contributed by atoms with Crippen LogP contribution in [0, 0.1) is 11.8 Å². The van der Waals surface area contributed by atoms with Gasteiger partial charge in [-0.05, 0) is 42.9 Å². The second-order valence-electron chi connectivity index (χ2n) is 5.53. The van der Waals surface area contributed by atoms with Crippen molar-refractivity contribution in [2.75, 3.05) is 5.88 Å². The fraction of sp³-hybridized carbons (Fsp3) is 0.533. The first kappa shape index (κ1) is 13.3. The molecule has 1 aliphatic rings. The minimum absolute atomic E-state index is 0.606. The Labute approximate surface area is 123 Å². The molecule has 3 rings (SSSR count). The summed E-state index contributed by atoms with van der Waals surface area (Å²) in [6.07, 6.45) is 3.57. The number of nitrogens with zero attached hydrogens (tertiary/aromatic N) is 2. The van der Waals surface area contributed by atoms with Gasteiger partial charge in [0.25, 0.3) is 0 Å². The van der Waals surface area contributed by atoms with Gasteiger partial charge in [0.05, 0.1) is 11.0 Å². The van der Waals surface area contributed by atoms with Crippen LogP contribution in [0.4, 0.5) is 0 Å². The van der Waals surface area contributed by atoms with Crippen LogP contribution in [0.5, 0.6) is 0 Å². The summed E-state index contributed by atoms with van der Waals surface area (Å²) >= 11 is 11.9. The summed E-state index contributed by atoms with van der Waals surface area (Å²) in [5, 5.41) is 0.741. The summed E-state index contributed by atoms with van der Waals surface area (Å²) < 4.78 is 2.33. The Hall–Kier alpha value is -0.730. The van der Waals surface area contributed by atoms with E-state index in [1.54, 1.807) is 0 Å². The van der Waals surface area contributed by atoms with E-state index in [0.717, 1.165) is 35.2 Å². The van der Waals surface area contributed by atoms with Crippen molar-refractivity contribution in [1.29, 1.82) is 0 Å². The maximum atomic E-state index is 6.05. The van der Waals surface area contributed by atoms with Crippen molar-refractivity contribution in [2.24, 2.45) is 11.8 Å². The first-order chi connectivity index (χ1) is 9.19. The molecule has 0 saturated heterocycles. The van der Waals surface area contributed by atoms with Crippen LogP contribution in [-0.2, 0) is 13.0 Å². The fourth-order valence-corrected chi connectivity index (χ4v) is 3.07. The van der Waals surface area contributed by atoms with E-state index in [2.05, 4.69) is 17.6 Å². The van der Waals surface area contributed by atoms with Crippen LogP contribution >= 0.6 is 23.2 Å². The van der Waals surface area contributed by atoms with Crippen LogP contribution in [-0.4, -0.2) is 15.4 Å². The van der Waals surface area contributed by atoms with Gasteiger partial charge in [-0.25, -0.2) is 4.98 Å². The molecule has 2 nitrogen and oxygen atoms in total. The van der Waals surface area contributed by atoms with E-state index in [1.807, 2.05) is 12.1 Å². The highest BCUT2D eigenvalue weighted by Gasteiger charge is 2.28. The van der Waals surface area contributed by atoms with Gasteiger partial charge >= 0.3 is 0 Å². The monoisotopic (exact) mass is 296 g/mol. The average molecular weight is 297 g/mol. The number of alkyl halides is 1. The predicted molar refractivity (Wildman–Crippen MR) is 81.1 cm³/mol. The van der Waals surface area contributed by atoms with Crippen molar-refractivity contribution in [1.82, 2.24) is 9.55 Å². The molecule has 1 heterocycles. The molecule has 0 bridgehead atoms. The second-order valence-corrected chi connectivity index (χ2v) is 6.34. The molecule has 0 aliphatic heterocycles. The van der Waals surface area contributed by atoms with Crippen molar-refractivity contribution in [2.45, 2.75) is 32.7 Å². The van der Waals surface area contributed by atoms with Gasteiger partial charge < -0.3 is 4.57 Å². The van der Waals surface area contributed by atoms with Crippen molar-refractivity contribution >= 4 is 34.2 Å². The molecule has 1 saturated carbocycles. The van der Waals surface area contributed by atoms with Crippen LogP contribution in [0.2, 0.25) is 5.02 Å². The molecular weight excluding hydrogens is 279 g/mol. The minimum atomic E-state index is 0.606. The number of benzene rings is 1. The fourth-order valence-electron chi connectivity index (χ4n) is 2.73. The molecule has 4 heteroatoms. The maximum absolute atomic E-state index is 6.05. The molecule has 0 N–H and O–H groups in total. The Morgan fingerprint density at radius 1 is 1.42 bits per heavy atom. The number of hydrogen-bond acceptors (Lipinski definition) is 1. The molecule has 1 aromatic heterocycles. The number of aryl methyl sites for hydroxylation is 1. The number of imidazole rings is 1. The van der Waals surface area contributed by atoms with Crippen molar-refractivity contribution in [3.8, 4) is 0 Å². The molecule has 1 aliphatic carbocycles. The highest BCUT2D eigenvalue weighted by Crippen LogP contribution is 2.38. The third kappa shape index (κ3) is 2.75. The van der Waals surface area contributed by atoms with Gasteiger partial charge in [0.1, 0.15) is 5.82 Å². The molecule has 0 amide bonds. The summed E-state index contributed by atoms with van der Waals surface area (Å²) in [5.74, 6) is 3.30. The second kappa shape index (κ2) is 5.34. The lowest BCUT2D eigenvalue weighted by molar-refractivity contribution is 0.429. The quantitative estimate of drug-likeness (QED) is 0.742.